The van der Waals surface area contributed by atoms with Gasteiger partial charge in [-0.05, 0) is 19.1 Å². The van der Waals surface area contributed by atoms with Crippen molar-refractivity contribution in [2.75, 3.05) is 6.61 Å². The van der Waals surface area contributed by atoms with Crippen LogP contribution in [0.3, 0.4) is 0 Å². The number of carbonyl (C=O) groups is 1. The highest BCUT2D eigenvalue weighted by molar-refractivity contribution is 6.36. The van der Waals surface area contributed by atoms with Gasteiger partial charge in [-0.15, -0.1) is 0 Å². The number of carbonyl (C=O) groups excluding carboxylic acids is 1. The Balaban J connectivity index is 2.90. The Labute approximate surface area is 97.6 Å². The van der Waals surface area contributed by atoms with E-state index in [0.29, 0.717) is 12.2 Å². The van der Waals surface area contributed by atoms with Crippen molar-refractivity contribution in [3.8, 4) is 5.75 Å². The van der Waals surface area contributed by atoms with Crippen LogP contribution in [-0.2, 0) is 16.0 Å². The van der Waals surface area contributed by atoms with Gasteiger partial charge in [-0.25, -0.2) is 0 Å². The second-order valence-corrected chi connectivity index (χ2v) is 3.68. The van der Waals surface area contributed by atoms with Gasteiger partial charge in [0.25, 0.3) is 0 Å². The molecule has 1 N–H and O–H groups in total. The van der Waals surface area contributed by atoms with Crippen LogP contribution < -0.4 is 0 Å². The molecule has 0 aliphatic heterocycles. The number of phenolic OH excluding ortho intramolecular Hbond substituents is 1. The summed E-state index contributed by atoms with van der Waals surface area (Å²) in [6, 6.07) is 2.67. The third-order valence-corrected chi connectivity index (χ3v) is 2.43. The van der Waals surface area contributed by atoms with Crippen molar-refractivity contribution in [2.45, 2.75) is 13.3 Å². The van der Waals surface area contributed by atoms with Crippen molar-refractivity contribution in [1.82, 2.24) is 0 Å². The van der Waals surface area contributed by atoms with Gasteiger partial charge < -0.3 is 9.84 Å². The molecular formula is C10H10Cl2O3. The Morgan fingerprint density at radius 3 is 2.40 bits per heavy atom. The number of hydrogen-bond donors (Lipinski definition) is 1. The predicted octanol–water partition coefficient (Wildman–Crippen LogP) is 2.80. The summed E-state index contributed by atoms with van der Waals surface area (Å²) < 4.78 is 4.77. The Morgan fingerprint density at radius 1 is 1.40 bits per heavy atom. The van der Waals surface area contributed by atoms with Crippen LogP contribution in [0.25, 0.3) is 0 Å². The minimum atomic E-state index is -0.396. The number of hydrogen-bond acceptors (Lipinski definition) is 3. The second kappa shape index (κ2) is 5.24. The normalized spacial score (nSPS) is 10.1. The maximum Gasteiger partial charge on any atom is 0.310 e. The summed E-state index contributed by atoms with van der Waals surface area (Å²) >= 11 is 11.7. The van der Waals surface area contributed by atoms with Crippen LogP contribution in [0.15, 0.2) is 12.1 Å². The van der Waals surface area contributed by atoms with Crippen LogP contribution in [0.5, 0.6) is 5.75 Å². The zero-order valence-corrected chi connectivity index (χ0v) is 9.60. The van der Waals surface area contributed by atoms with Gasteiger partial charge in [0.2, 0.25) is 0 Å². The number of benzene rings is 1. The molecule has 0 unspecified atom stereocenters. The van der Waals surface area contributed by atoms with Gasteiger partial charge in [0.05, 0.1) is 13.0 Å². The lowest BCUT2D eigenvalue weighted by atomic mass is 10.1. The molecule has 3 nitrogen and oxygen atoms in total. The van der Waals surface area contributed by atoms with Crippen LogP contribution in [0.1, 0.15) is 12.5 Å². The number of aromatic hydroxyl groups is 1. The van der Waals surface area contributed by atoms with Crippen molar-refractivity contribution >= 4 is 29.2 Å². The van der Waals surface area contributed by atoms with E-state index in [2.05, 4.69) is 0 Å². The van der Waals surface area contributed by atoms with Gasteiger partial charge in [0.1, 0.15) is 5.75 Å². The Bertz CT molecular complexity index is 354. The molecule has 0 fully saturated rings. The van der Waals surface area contributed by atoms with E-state index in [1.807, 2.05) is 0 Å². The molecule has 1 aromatic carbocycles. The molecule has 0 saturated heterocycles. The highest BCUT2D eigenvalue weighted by atomic mass is 35.5. The lowest BCUT2D eigenvalue weighted by Gasteiger charge is -2.07. The third-order valence-electron chi connectivity index (χ3n) is 1.75. The molecule has 0 spiro atoms. The van der Waals surface area contributed by atoms with Crippen molar-refractivity contribution in [3.05, 3.63) is 27.7 Å². The van der Waals surface area contributed by atoms with Crippen LogP contribution in [-0.4, -0.2) is 17.7 Å². The van der Waals surface area contributed by atoms with Crippen molar-refractivity contribution in [2.24, 2.45) is 0 Å². The van der Waals surface area contributed by atoms with E-state index in [0.717, 1.165) is 0 Å². The molecule has 0 heterocycles. The van der Waals surface area contributed by atoms with Crippen LogP contribution in [0, 0.1) is 0 Å². The molecule has 0 atom stereocenters. The fraction of sp³-hybridized carbons (Fsp3) is 0.300. The molecule has 0 aliphatic carbocycles. The van der Waals surface area contributed by atoms with E-state index >= 15 is 0 Å². The summed E-state index contributed by atoms with van der Waals surface area (Å²) in [5, 5.41) is 9.69. The zero-order chi connectivity index (χ0) is 11.4. The van der Waals surface area contributed by atoms with Crippen LogP contribution >= 0.6 is 23.2 Å². The minimum Gasteiger partial charge on any atom is -0.508 e. The summed E-state index contributed by atoms with van der Waals surface area (Å²) in [5.41, 5.74) is 0.467. The van der Waals surface area contributed by atoms with E-state index in [4.69, 9.17) is 27.9 Å². The fourth-order valence-electron chi connectivity index (χ4n) is 1.11. The summed E-state index contributed by atoms with van der Waals surface area (Å²) in [5.74, 6) is -0.426. The highest BCUT2D eigenvalue weighted by Crippen LogP contribution is 2.30. The Morgan fingerprint density at radius 2 is 1.93 bits per heavy atom. The molecule has 0 aromatic heterocycles. The monoisotopic (exact) mass is 248 g/mol. The number of rotatable bonds is 3. The van der Waals surface area contributed by atoms with Gasteiger partial charge in [0.15, 0.2) is 0 Å². The number of ether oxygens (including phenoxy) is 1. The molecule has 1 aromatic rings. The molecule has 0 bridgehead atoms. The molecule has 0 radical (unpaired) electrons. The van der Waals surface area contributed by atoms with E-state index < -0.39 is 5.97 Å². The summed E-state index contributed by atoms with van der Waals surface area (Å²) in [4.78, 5) is 11.2. The van der Waals surface area contributed by atoms with E-state index in [9.17, 15) is 9.90 Å². The highest BCUT2D eigenvalue weighted by Gasteiger charge is 2.12. The molecule has 1 rings (SSSR count). The van der Waals surface area contributed by atoms with E-state index in [1.54, 1.807) is 6.92 Å². The summed E-state index contributed by atoms with van der Waals surface area (Å²) in [7, 11) is 0. The van der Waals surface area contributed by atoms with Crippen molar-refractivity contribution in [1.29, 1.82) is 0 Å². The molecular weight excluding hydrogens is 239 g/mol. The third kappa shape index (κ3) is 3.29. The first-order chi connectivity index (χ1) is 7.04. The molecule has 82 valence electrons. The summed E-state index contributed by atoms with van der Waals surface area (Å²) in [6.07, 6.45) is 0.00574. The zero-order valence-electron chi connectivity index (χ0n) is 8.09. The molecule has 5 heteroatoms. The average Bonchev–Trinajstić information content (AvgIpc) is 2.11. The van der Waals surface area contributed by atoms with E-state index in [1.165, 1.54) is 12.1 Å². The van der Waals surface area contributed by atoms with Gasteiger partial charge in [0, 0.05) is 15.6 Å². The standard InChI is InChI=1S/C10H10Cl2O3/c1-2-15-10(14)5-7-8(11)3-6(13)4-9(7)12/h3-4,13H,2,5H2,1H3. The van der Waals surface area contributed by atoms with Crippen molar-refractivity contribution in [3.63, 3.8) is 0 Å². The maximum absolute atomic E-state index is 11.2. The van der Waals surface area contributed by atoms with Crippen molar-refractivity contribution < 1.29 is 14.6 Å². The first-order valence-electron chi connectivity index (χ1n) is 4.37. The van der Waals surface area contributed by atoms with E-state index in [-0.39, 0.29) is 22.2 Å². The first-order valence-corrected chi connectivity index (χ1v) is 5.12. The lowest BCUT2D eigenvalue weighted by molar-refractivity contribution is -0.142. The van der Waals surface area contributed by atoms with Crippen LogP contribution in [0.4, 0.5) is 0 Å². The van der Waals surface area contributed by atoms with Gasteiger partial charge in [-0.1, -0.05) is 23.2 Å². The largest absolute Gasteiger partial charge is 0.508 e. The van der Waals surface area contributed by atoms with Gasteiger partial charge in [-0.2, -0.15) is 0 Å². The molecule has 15 heavy (non-hydrogen) atoms. The van der Waals surface area contributed by atoms with Crippen LogP contribution in [0.2, 0.25) is 10.0 Å². The predicted molar refractivity (Wildman–Crippen MR) is 58.5 cm³/mol. The average molecular weight is 249 g/mol. The maximum atomic E-state index is 11.2. The topological polar surface area (TPSA) is 46.5 Å². The second-order valence-electron chi connectivity index (χ2n) is 2.87. The number of halogens is 2. The minimum absolute atomic E-state index is 0.00574. The quantitative estimate of drug-likeness (QED) is 0.838. The SMILES string of the molecule is CCOC(=O)Cc1c(Cl)cc(O)cc1Cl. The number of esters is 1. The molecule has 0 saturated carbocycles. The smallest absolute Gasteiger partial charge is 0.310 e. The van der Waals surface area contributed by atoms with Gasteiger partial charge >= 0.3 is 5.97 Å². The number of phenols is 1. The Kier molecular flexibility index (Phi) is 4.24. The van der Waals surface area contributed by atoms with Gasteiger partial charge in [-0.3, -0.25) is 4.79 Å². The Hall–Kier alpha value is -0.930. The molecule has 0 aliphatic rings. The summed E-state index contributed by atoms with van der Waals surface area (Å²) in [6.45, 7) is 2.03. The fourth-order valence-corrected chi connectivity index (χ4v) is 1.72. The molecule has 0 amide bonds. The lowest BCUT2D eigenvalue weighted by Crippen LogP contribution is -2.08. The first kappa shape index (κ1) is 12.1.